The highest BCUT2D eigenvalue weighted by Crippen LogP contribution is 2.23. The SMILES string of the molecule is CC(C)(C=CS(=O)(=O)N1CCc2ccccc2C1)N1CCOCC1. The Hall–Kier alpha value is -1.21. The molecule has 2 heterocycles. The molecule has 1 saturated heterocycles. The van der Waals surface area contributed by atoms with Gasteiger partial charge in [0, 0.05) is 37.1 Å². The van der Waals surface area contributed by atoms with Gasteiger partial charge in [-0.05, 0) is 31.4 Å². The fraction of sp³-hybridized carbons (Fsp3) is 0.556. The molecular weight excluding hydrogens is 324 g/mol. The first-order chi connectivity index (χ1) is 11.4. The summed E-state index contributed by atoms with van der Waals surface area (Å²) < 4.78 is 32.4. The van der Waals surface area contributed by atoms with Crippen molar-refractivity contribution in [3.8, 4) is 0 Å². The van der Waals surface area contributed by atoms with E-state index in [0.717, 1.165) is 25.1 Å². The van der Waals surface area contributed by atoms with E-state index in [-0.39, 0.29) is 5.54 Å². The molecule has 0 radical (unpaired) electrons. The lowest BCUT2D eigenvalue weighted by Crippen LogP contribution is -2.48. The van der Waals surface area contributed by atoms with Crippen LogP contribution in [-0.4, -0.2) is 56.0 Å². The van der Waals surface area contributed by atoms with Crippen molar-refractivity contribution in [1.29, 1.82) is 0 Å². The molecular formula is C18H26N2O3S. The molecule has 1 aromatic rings. The summed E-state index contributed by atoms with van der Waals surface area (Å²) in [5, 5.41) is 1.39. The zero-order chi connectivity index (χ0) is 17.2. The van der Waals surface area contributed by atoms with E-state index in [9.17, 15) is 8.42 Å². The molecule has 6 heteroatoms. The number of benzene rings is 1. The van der Waals surface area contributed by atoms with Gasteiger partial charge in [-0.2, -0.15) is 4.31 Å². The molecule has 0 N–H and O–H groups in total. The zero-order valence-electron chi connectivity index (χ0n) is 14.4. The maximum Gasteiger partial charge on any atom is 0.236 e. The van der Waals surface area contributed by atoms with Gasteiger partial charge in [0.05, 0.1) is 13.2 Å². The van der Waals surface area contributed by atoms with Crippen LogP contribution in [0.1, 0.15) is 25.0 Å². The van der Waals surface area contributed by atoms with E-state index in [1.54, 1.807) is 4.31 Å². The molecule has 5 nitrogen and oxygen atoms in total. The van der Waals surface area contributed by atoms with E-state index < -0.39 is 10.0 Å². The number of hydrogen-bond donors (Lipinski definition) is 0. The van der Waals surface area contributed by atoms with Crippen LogP contribution < -0.4 is 0 Å². The summed E-state index contributed by atoms with van der Waals surface area (Å²) in [7, 11) is -3.40. The van der Waals surface area contributed by atoms with Crippen molar-refractivity contribution in [2.24, 2.45) is 0 Å². The fourth-order valence-corrected chi connectivity index (χ4v) is 4.61. The predicted molar refractivity (Wildman–Crippen MR) is 95.1 cm³/mol. The average Bonchev–Trinajstić information content (AvgIpc) is 2.60. The molecule has 1 fully saturated rings. The number of nitrogens with zero attached hydrogens (tertiary/aromatic N) is 2. The largest absolute Gasteiger partial charge is 0.379 e. The third kappa shape index (κ3) is 3.88. The summed E-state index contributed by atoms with van der Waals surface area (Å²) in [5.41, 5.74) is 2.06. The molecule has 0 amide bonds. The van der Waals surface area contributed by atoms with E-state index in [4.69, 9.17) is 4.74 Å². The second-order valence-electron chi connectivity index (χ2n) is 6.95. The molecule has 2 aliphatic rings. The lowest BCUT2D eigenvalue weighted by Gasteiger charge is -2.39. The van der Waals surface area contributed by atoms with Crippen LogP contribution in [-0.2, 0) is 27.7 Å². The Labute approximate surface area is 145 Å². The van der Waals surface area contributed by atoms with Crippen molar-refractivity contribution in [2.45, 2.75) is 32.4 Å². The summed E-state index contributed by atoms with van der Waals surface area (Å²) >= 11 is 0. The van der Waals surface area contributed by atoms with Crippen LogP contribution in [0.3, 0.4) is 0 Å². The van der Waals surface area contributed by atoms with Crippen molar-refractivity contribution in [3.05, 3.63) is 46.9 Å². The number of rotatable bonds is 4. The quantitative estimate of drug-likeness (QED) is 0.833. The monoisotopic (exact) mass is 350 g/mol. The van der Waals surface area contributed by atoms with Gasteiger partial charge in [-0.3, -0.25) is 4.90 Å². The van der Waals surface area contributed by atoms with Gasteiger partial charge in [-0.15, -0.1) is 0 Å². The first-order valence-corrected chi connectivity index (χ1v) is 9.98. The van der Waals surface area contributed by atoms with Crippen LogP contribution in [0.15, 0.2) is 35.7 Å². The first kappa shape index (κ1) is 17.6. The number of sulfonamides is 1. The van der Waals surface area contributed by atoms with Gasteiger partial charge in [-0.25, -0.2) is 8.42 Å². The van der Waals surface area contributed by atoms with Crippen LogP contribution in [0.5, 0.6) is 0 Å². The van der Waals surface area contributed by atoms with Gasteiger partial charge < -0.3 is 4.74 Å². The van der Waals surface area contributed by atoms with E-state index in [2.05, 4.69) is 24.8 Å². The smallest absolute Gasteiger partial charge is 0.236 e. The molecule has 0 aliphatic carbocycles. The summed E-state index contributed by atoms with van der Waals surface area (Å²) in [5.74, 6) is 0. The van der Waals surface area contributed by atoms with Crippen molar-refractivity contribution in [3.63, 3.8) is 0 Å². The third-order valence-electron chi connectivity index (χ3n) is 4.93. The average molecular weight is 350 g/mol. The third-order valence-corrected chi connectivity index (χ3v) is 6.44. The Morgan fingerprint density at radius 2 is 1.75 bits per heavy atom. The van der Waals surface area contributed by atoms with Crippen LogP contribution in [0.2, 0.25) is 0 Å². The van der Waals surface area contributed by atoms with Crippen LogP contribution in [0.4, 0.5) is 0 Å². The number of fused-ring (bicyclic) bond motifs is 1. The van der Waals surface area contributed by atoms with Crippen LogP contribution in [0, 0.1) is 0 Å². The molecule has 2 aliphatic heterocycles. The highest BCUT2D eigenvalue weighted by molar-refractivity contribution is 7.92. The Morgan fingerprint density at radius 1 is 1.08 bits per heavy atom. The fourth-order valence-electron chi connectivity index (χ4n) is 3.27. The minimum atomic E-state index is -3.40. The van der Waals surface area contributed by atoms with Crippen molar-refractivity contribution in [2.75, 3.05) is 32.8 Å². The van der Waals surface area contributed by atoms with Crippen LogP contribution in [0.25, 0.3) is 0 Å². The van der Waals surface area contributed by atoms with E-state index in [1.165, 1.54) is 11.0 Å². The minimum Gasteiger partial charge on any atom is -0.379 e. The Bertz CT molecular complexity index is 707. The highest BCUT2D eigenvalue weighted by atomic mass is 32.2. The Kier molecular flexibility index (Phi) is 5.11. The lowest BCUT2D eigenvalue weighted by molar-refractivity contribution is 0.00479. The normalized spacial score (nSPS) is 21.1. The summed E-state index contributed by atoms with van der Waals surface area (Å²) in [6.45, 7) is 8.16. The molecule has 0 aromatic heterocycles. The highest BCUT2D eigenvalue weighted by Gasteiger charge is 2.28. The predicted octanol–water partition coefficient (Wildman–Crippen LogP) is 2.00. The van der Waals surface area contributed by atoms with Gasteiger partial charge in [0.15, 0.2) is 0 Å². The van der Waals surface area contributed by atoms with Crippen LogP contribution >= 0.6 is 0 Å². The molecule has 0 unspecified atom stereocenters. The molecule has 0 saturated carbocycles. The standard InChI is InChI=1S/C18H26N2O3S/c1-18(2,19-10-12-23-13-11-19)8-14-24(21,22)20-9-7-16-5-3-4-6-17(16)15-20/h3-6,8,14H,7,9-13,15H2,1-2H3. The zero-order valence-corrected chi connectivity index (χ0v) is 15.3. The topological polar surface area (TPSA) is 49.9 Å². The summed E-state index contributed by atoms with van der Waals surface area (Å²) in [6, 6.07) is 8.06. The van der Waals surface area contributed by atoms with Gasteiger partial charge in [-0.1, -0.05) is 30.3 Å². The summed E-state index contributed by atoms with van der Waals surface area (Å²) in [6.07, 6.45) is 2.59. The first-order valence-electron chi connectivity index (χ1n) is 8.47. The molecule has 0 bridgehead atoms. The Balaban J connectivity index is 1.72. The van der Waals surface area contributed by atoms with E-state index in [0.29, 0.717) is 26.3 Å². The Morgan fingerprint density at radius 3 is 2.46 bits per heavy atom. The number of hydrogen-bond acceptors (Lipinski definition) is 4. The maximum absolute atomic E-state index is 12.7. The van der Waals surface area contributed by atoms with Gasteiger partial charge in [0.2, 0.25) is 10.0 Å². The molecule has 3 rings (SSSR count). The second kappa shape index (κ2) is 6.96. The van der Waals surface area contributed by atoms with E-state index in [1.807, 2.05) is 24.3 Å². The maximum atomic E-state index is 12.7. The number of morpholine rings is 1. The summed E-state index contributed by atoms with van der Waals surface area (Å²) in [4.78, 5) is 2.26. The minimum absolute atomic E-state index is 0.301. The van der Waals surface area contributed by atoms with E-state index >= 15 is 0 Å². The molecule has 24 heavy (non-hydrogen) atoms. The van der Waals surface area contributed by atoms with Crippen molar-refractivity contribution in [1.82, 2.24) is 9.21 Å². The molecule has 1 aromatic carbocycles. The molecule has 0 atom stereocenters. The van der Waals surface area contributed by atoms with Gasteiger partial charge >= 0.3 is 0 Å². The van der Waals surface area contributed by atoms with Crippen molar-refractivity contribution >= 4 is 10.0 Å². The van der Waals surface area contributed by atoms with Gasteiger partial charge in [0.25, 0.3) is 0 Å². The second-order valence-corrected chi connectivity index (χ2v) is 8.77. The molecule has 132 valence electrons. The van der Waals surface area contributed by atoms with Gasteiger partial charge in [0.1, 0.15) is 0 Å². The lowest BCUT2D eigenvalue weighted by atomic mass is 10.0. The number of ether oxygens (including phenoxy) is 1. The molecule has 0 spiro atoms. The van der Waals surface area contributed by atoms with Crippen molar-refractivity contribution < 1.29 is 13.2 Å².